The van der Waals surface area contributed by atoms with Gasteiger partial charge in [-0.05, 0) is 33.7 Å². The SMILES string of the molecule is CCN(CCC(C)(N)C(=O)O)C(C)C. The molecular formula is C10H22N2O2. The van der Waals surface area contributed by atoms with Crippen molar-refractivity contribution in [2.24, 2.45) is 5.73 Å². The molecular weight excluding hydrogens is 180 g/mol. The maximum absolute atomic E-state index is 10.7. The van der Waals surface area contributed by atoms with Crippen LogP contribution in [0, 0.1) is 0 Å². The second-order valence-electron chi connectivity index (χ2n) is 4.19. The van der Waals surface area contributed by atoms with E-state index < -0.39 is 11.5 Å². The second kappa shape index (κ2) is 5.32. The van der Waals surface area contributed by atoms with E-state index in [1.54, 1.807) is 6.92 Å². The molecule has 0 fully saturated rings. The van der Waals surface area contributed by atoms with Gasteiger partial charge in [0.15, 0.2) is 0 Å². The highest BCUT2D eigenvalue weighted by atomic mass is 16.4. The van der Waals surface area contributed by atoms with Gasteiger partial charge in [-0.3, -0.25) is 4.79 Å². The normalized spacial score (nSPS) is 15.9. The number of nitrogens with zero attached hydrogens (tertiary/aromatic N) is 1. The number of hydrogen-bond acceptors (Lipinski definition) is 3. The first-order valence-corrected chi connectivity index (χ1v) is 5.07. The summed E-state index contributed by atoms with van der Waals surface area (Å²) in [6.07, 6.45) is 0.481. The Balaban J connectivity index is 4.09. The largest absolute Gasteiger partial charge is 0.480 e. The van der Waals surface area contributed by atoms with Crippen LogP contribution >= 0.6 is 0 Å². The Kier molecular flexibility index (Phi) is 5.08. The standard InChI is InChI=1S/C10H22N2O2/c1-5-12(8(2)3)7-6-10(4,11)9(13)14/h8H,5-7,11H2,1-4H3,(H,13,14). The van der Waals surface area contributed by atoms with Gasteiger partial charge in [-0.15, -0.1) is 0 Å². The van der Waals surface area contributed by atoms with Gasteiger partial charge in [-0.2, -0.15) is 0 Å². The van der Waals surface area contributed by atoms with Crippen LogP contribution in [0.5, 0.6) is 0 Å². The Morgan fingerprint density at radius 3 is 2.36 bits per heavy atom. The Bertz CT molecular complexity index is 191. The molecule has 0 saturated heterocycles. The van der Waals surface area contributed by atoms with Crippen molar-refractivity contribution >= 4 is 5.97 Å². The van der Waals surface area contributed by atoms with Gasteiger partial charge in [0.25, 0.3) is 0 Å². The molecule has 1 atom stereocenters. The van der Waals surface area contributed by atoms with E-state index >= 15 is 0 Å². The van der Waals surface area contributed by atoms with Crippen LogP contribution in [0.4, 0.5) is 0 Å². The number of carbonyl (C=O) groups is 1. The zero-order chi connectivity index (χ0) is 11.4. The monoisotopic (exact) mass is 202 g/mol. The van der Waals surface area contributed by atoms with Gasteiger partial charge in [-0.25, -0.2) is 0 Å². The van der Waals surface area contributed by atoms with Crippen LogP contribution in [0.15, 0.2) is 0 Å². The molecule has 0 spiro atoms. The van der Waals surface area contributed by atoms with E-state index in [1.165, 1.54) is 0 Å². The average molecular weight is 202 g/mol. The van der Waals surface area contributed by atoms with Crippen LogP contribution in [-0.4, -0.2) is 40.6 Å². The molecule has 0 saturated carbocycles. The van der Waals surface area contributed by atoms with Gasteiger partial charge < -0.3 is 15.7 Å². The van der Waals surface area contributed by atoms with Gasteiger partial charge in [0, 0.05) is 12.6 Å². The molecule has 0 aliphatic rings. The molecule has 4 heteroatoms. The molecule has 84 valence electrons. The summed E-state index contributed by atoms with van der Waals surface area (Å²) in [6, 6.07) is 0.435. The fraction of sp³-hybridized carbons (Fsp3) is 0.900. The summed E-state index contributed by atoms with van der Waals surface area (Å²) < 4.78 is 0. The van der Waals surface area contributed by atoms with E-state index in [-0.39, 0.29) is 0 Å². The van der Waals surface area contributed by atoms with Gasteiger partial charge in [-0.1, -0.05) is 6.92 Å². The molecule has 0 aliphatic heterocycles. The lowest BCUT2D eigenvalue weighted by Crippen LogP contribution is -2.48. The molecule has 0 bridgehead atoms. The van der Waals surface area contributed by atoms with Crippen molar-refractivity contribution in [3.05, 3.63) is 0 Å². The van der Waals surface area contributed by atoms with E-state index in [1.807, 2.05) is 0 Å². The van der Waals surface area contributed by atoms with Crippen molar-refractivity contribution in [3.63, 3.8) is 0 Å². The zero-order valence-corrected chi connectivity index (χ0v) is 9.58. The minimum atomic E-state index is -1.11. The first-order chi connectivity index (χ1) is 6.31. The highest BCUT2D eigenvalue weighted by molar-refractivity contribution is 5.77. The van der Waals surface area contributed by atoms with Crippen LogP contribution in [-0.2, 0) is 4.79 Å². The minimum absolute atomic E-state index is 0.435. The third-order valence-corrected chi connectivity index (χ3v) is 2.54. The smallest absolute Gasteiger partial charge is 0.323 e. The molecule has 0 radical (unpaired) electrons. The number of aliphatic carboxylic acids is 1. The Morgan fingerprint density at radius 2 is 2.07 bits per heavy atom. The average Bonchev–Trinajstić information content (AvgIpc) is 2.04. The van der Waals surface area contributed by atoms with E-state index in [0.717, 1.165) is 13.1 Å². The lowest BCUT2D eigenvalue weighted by molar-refractivity contribution is -0.143. The Hall–Kier alpha value is -0.610. The van der Waals surface area contributed by atoms with Crippen molar-refractivity contribution in [1.82, 2.24) is 4.90 Å². The quantitative estimate of drug-likeness (QED) is 0.672. The van der Waals surface area contributed by atoms with Crippen LogP contribution in [0.2, 0.25) is 0 Å². The topological polar surface area (TPSA) is 66.6 Å². The van der Waals surface area contributed by atoms with E-state index in [2.05, 4.69) is 25.7 Å². The van der Waals surface area contributed by atoms with E-state index in [0.29, 0.717) is 12.5 Å². The summed E-state index contributed by atoms with van der Waals surface area (Å²) in [7, 11) is 0. The summed E-state index contributed by atoms with van der Waals surface area (Å²) in [4.78, 5) is 13.0. The van der Waals surface area contributed by atoms with Crippen LogP contribution in [0.1, 0.15) is 34.1 Å². The molecule has 0 aromatic heterocycles. The second-order valence-corrected chi connectivity index (χ2v) is 4.19. The van der Waals surface area contributed by atoms with Crippen LogP contribution in [0.25, 0.3) is 0 Å². The first kappa shape index (κ1) is 13.4. The van der Waals surface area contributed by atoms with Gasteiger partial charge in [0.05, 0.1) is 0 Å². The highest BCUT2D eigenvalue weighted by Crippen LogP contribution is 2.08. The Morgan fingerprint density at radius 1 is 1.57 bits per heavy atom. The van der Waals surface area contributed by atoms with Gasteiger partial charge >= 0.3 is 5.97 Å². The third kappa shape index (κ3) is 4.07. The predicted octanol–water partition coefficient (Wildman–Crippen LogP) is 0.909. The fourth-order valence-corrected chi connectivity index (χ4v) is 1.26. The van der Waals surface area contributed by atoms with Crippen LogP contribution in [0.3, 0.4) is 0 Å². The summed E-state index contributed by atoms with van der Waals surface area (Å²) in [5.74, 6) is -0.933. The van der Waals surface area contributed by atoms with Crippen molar-refractivity contribution in [1.29, 1.82) is 0 Å². The lowest BCUT2D eigenvalue weighted by atomic mass is 9.99. The first-order valence-electron chi connectivity index (χ1n) is 5.07. The summed E-state index contributed by atoms with van der Waals surface area (Å²) in [5.41, 5.74) is 4.53. The number of carboxylic acid groups (broad SMARTS) is 1. The van der Waals surface area contributed by atoms with Crippen molar-refractivity contribution < 1.29 is 9.90 Å². The van der Waals surface area contributed by atoms with Crippen molar-refractivity contribution in [2.75, 3.05) is 13.1 Å². The molecule has 0 heterocycles. The lowest BCUT2D eigenvalue weighted by Gasteiger charge is -2.28. The molecule has 4 nitrogen and oxygen atoms in total. The zero-order valence-electron chi connectivity index (χ0n) is 9.58. The van der Waals surface area contributed by atoms with Crippen molar-refractivity contribution in [3.8, 4) is 0 Å². The van der Waals surface area contributed by atoms with Gasteiger partial charge in [0.1, 0.15) is 5.54 Å². The molecule has 1 unspecified atom stereocenters. The summed E-state index contributed by atoms with van der Waals surface area (Å²) in [5, 5.41) is 8.82. The van der Waals surface area contributed by atoms with Gasteiger partial charge in [0.2, 0.25) is 0 Å². The molecule has 0 aliphatic carbocycles. The Labute approximate surface area is 86.1 Å². The maximum atomic E-state index is 10.7. The van der Waals surface area contributed by atoms with E-state index in [4.69, 9.17) is 10.8 Å². The molecule has 0 aromatic rings. The molecule has 14 heavy (non-hydrogen) atoms. The maximum Gasteiger partial charge on any atom is 0.323 e. The van der Waals surface area contributed by atoms with Crippen molar-refractivity contribution in [2.45, 2.75) is 45.7 Å². The summed E-state index contributed by atoms with van der Waals surface area (Å²) in [6.45, 7) is 9.47. The fourth-order valence-electron chi connectivity index (χ4n) is 1.26. The number of hydrogen-bond donors (Lipinski definition) is 2. The predicted molar refractivity (Wildman–Crippen MR) is 57.2 cm³/mol. The molecule has 3 N–H and O–H groups in total. The number of nitrogens with two attached hydrogens (primary N) is 1. The number of rotatable bonds is 6. The molecule has 0 rings (SSSR count). The van der Waals surface area contributed by atoms with Crippen LogP contribution < -0.4 is 5.73 Å². The molecule has 0 amide bonds. The third-order valence-electron chi connectivity index (χ3n) is 2.54. The molecule has 0 aromatic carbocycles. The van der Waals surface area contributed by atoms with E-state index in [9.17, 15) is 4.79 Å². The minimum Gasteiger partial charge on any atom is -0.480 e. The highest BCUT2D eigenvalue weighted by Gasteiger charge is 2.28. The summed E-state index contributed by atoms with van der Waals surface area (Å²) >= 11 is 0. The number of carboxylic acids is 1.